The Balaban J connectivity index is 2.13. The van der Waals surface area contributed by atoms with Crippen molar-refractivity contribution in [1.82, 2.24) is 14.8 Å². The molecule has 18 heavy (non-hydrogen) atoms. The highest BCUT2D eigenvalue weighted by molar-refractivity contribution is 5.47. The number of aryl methyl sites for hydroxylation is 1. The van der Waals surface area contributed by atoms with Crippen molar-refractivity contribution < 1.29 is 8.78 Å². The molecule has 0 radical (unpaired) electrons. The number of nitrogens with two attached hydrogens (primary N) is 1. The average molecular weight is 254 g/mol. The summed E-state index contributed by atoms with van der Waals surface area (Å²) in [7, 11) is 1.77. The minimum absolute atomic E-state index is 0.0757. The van der Waals surface area contributed by atoms with Crippen molar-refractivity contribution in [3.8, 4) is 0 Å². The Hall–Kier alpha value is -2.22. The van der Waals surface area contributed by atoms with Crippen LogP contribution < -0.4 is 16.6 Å². The van der Waals surface area contributed by atoms with E-state index in [0.717, 1.165) is 5.56 Å². The maximum Gasteiger partial charge on any atom is 0.178 e. The molecule has 2 aromatic rings. The molecular formula is C10H12F2N6. The second kappa shape index (κ2) is 4.96. The van der Waals surface area contributed by atoms with E-state index in [9.17, 15) is 8.78 Å². The molecule has 0 saturated heterocycles. The topological polar surface area (TPSA) is 80.8 Å². The van der Waals surface area contributed by atoms with Gasteiger partial charge in [0.05, 0.1) is 6.20 Å². The third kappa shape index (κ3) is 2.54. The van der Waals surface area contributed by atoms with Crippen molar-refractivity contribution in [2.45, 2.75) is 6.54 Å². The monoisotopic (exact) mass is 254 g/mol. The first-order valence-electron chi connectivity index (χ1n) is 5.14. The van der Waals surface area contributed by atoms with Crippen LogP contribution in [0.5, 0.6) is 0 Å². The van der Waals surface area contributed by atoms with Crippen LogP contribution >= 0.6 is 0 Å². The summed E-state index contributed by atoms with van der Waals surface area (Å²) in [6.07, 6.45) is 3.41. The fourth-order valence-corrected chi connectivity index (χ4v) is 1.44. The molecule has 0 spiro atoms. The summed E-state index contributed by atoms with van der Waals surface area (Å²) in [5.74, 6) is 3.14. The van der Waals surface area contributed by atoms with Gasteiger partial charge in [-0.15, -0.1) is 0 Å². The summed E-state index contributed by atoms with van der Waals surface area (Å²) in [5, 5.41) is 6.71. The molecule has 0 aliphatic heterocycles. The van der Waals surface area contributed by atoms with Crippen molar-refractivity contribution in [1.29, 1.82) is 0 Å². The zero-order chi connectivity index (χ0) is 13.1. The summed E-state index contributed by atoms with van der Waals surface area (Å²) >= 11 is 0. The number of hydrogen-bond acceptors (Lipinski definition) is 5. The van der Waals surface area contributed by atoms with Gasteiger partial charge < -0.3 is 10.7 Å². The molecule has 96 valence electrons. The second-order valence-electron chi connectivity index (χ2n) is 3.67. The maximum absolute atomic E-state index is 13.4. The summed E-state index contributed by atoms with van der Waals surface area (Å²) < 4.78 is 28.2. The molecule has 2 aromatic heterocycles. The number of anilines is 2. The van der Waals surface area contributed by atoms with Crippen LogP contribution in [-0.2, 0) is 13.6 Å². The molecule has 6 nitrogen and oxygen atoms in total. The molecule has 0 amide bonds. The predicted molar refractivity (Wildman–Crippen MR) is 62.5 cm³/mol. The van der Waals surface area contributed by atoms with Gasteiger partial charge in [-0.05, 0) is 0 Å². The van der Waals surface area contributed by atoms with Gasteiger partial charge in [0, 0.05) is 31.4 Å². The van der Waals surface area contributed by atoms with Crippen LogP contribution in [0.4, 0.5) is 20.4 Å². The van der Waals surface area contributed by atoms with Gasteiger partial charge in [0.15, 0.2) is 23.3 Å². The standard InChI is InChI=1S/C10H12F2N6/c1-18-5-6(4-15-18)3-14-9-7(11)2-8(12)10(16-9)17-13/h2,4-5H,3,13H2,1H3,(H2,14,16,17). The first-order valence-corrected chi connectivity index (χ1v) is 5.14. The minimum atomic E-state index is -0.845. The van der Waals surface area contributed by atoms with E-state index in [0.29, 0.717) is 12.6 Å². The number of hydrogen-bond donors (Lipinski definition) is 3. The largest absolute Gasteiger partial charge is 0.363 e. The summed E-state index contributed by atoms with van der Waals surface area (Å²) in [4.78, 5) is 3.69. The normalized spacial score (nSPS) is 10.4. The van der Waals surface area contributed by atoms with E-state index in [1.807, 2.05) is 0 Å². The van der Waals surface area contributed by atoms with Gasteiger partial charge in [0.1, 0.15) is 0 Å². The predicted octanol–water partition coefficient (Wildman–Crippen LogP) is 0.991. The fraction of sp³-hybridized carbons (Fsp3) is 0.200. The van der Waals surface area contributed by atoms with Crippen LogP contribution in [0.25, 0.3) is 0 Å². The van der Waals surface area contributed by atoms with E-state index in [-0.39, 0.29) is 11.6 Å². The van der Waals surface area contributed by atoms with E-state index in [2.05, 4.69) is 20.8 Å². The number of rotatable bonds is 4. The number of nitrogens with one attached hydrogen (secondary N) is 2. The van der Waals surface area contributed by atoms with Crippen LogP contribution in [0.3, 0.4) is 0 Å². The fourth-order valence-electron chi connectivity index (χ4n) is 1.44. The molecule has 0 saturated carbocycles. The molecule has 2 heterocycles. The molecule has 4 N–H and O–H groups in total. The Kier molecular flexibility index (Phi) is 3.38. The Morgan fingerprint density at radius 2 is 2.06 bits per heavy atom. The van der Waals surface area contributed by atoms with Crippen LogP contribution in [0.15, 0.2) is 18.5 Å². The zero-order valence-electron chi connectivity index (χ0n) is 9.61. The lowest BCUT2D eigenvalue weighted by Crippen LogP contribution is -2.13. The van der Waals surface area contributed by atoms with E-state index >= 15 is 0 Å². The quantitative estimate of drug-likeness (QED) is 0.560. The molecule has 0 bridgehead atoms. The number of halogens is 2. The second-order valence-corrected chi connectivity index (χ2v) is 3.67. The van der Waals surface area contributed by atoms with Crippen LogP contribution in [-0.4, -0.2) is 14.8 Å². The molecule has 0 aliphatic rings. The highest BCUT2D eigenvalue weighted by atomic mass is 19.1. The van der Waals surface area contributed by atoms with E-state index in [4.69, 9.17) is 5.84 Å². The Morgan fingerprint density at radius 1 is 1.33 bits per heavy atom. The first kappa shape index (κ1) is 12.2. The van der Waals surface area contributed by atoms with Crippen molar-refractivity contribution in [2.24, 2.45) is 12.9 Å². The van der Waals surface area contributed by atoms with Crippen LogP contribution in [0, 0.1) is 11.6 Å². The number of nitrogens with zero attached hydrogens (tertiary/aromatic N) is 3. The van der Waals surface area contributed by atoms with Gasteiger partial charge in [-0.25, -0.2) is 19.6 Å². The number of hydrazine groups is 1. The maximum atomic E-state index is 13.4. The average Bonchev–Trinajstić information content (AvgIpc) is 2.74. The molecule has 0 fully saturated rings. The smallest absolute Gasteiger partial charge is 0.178 e. The van der Waals surface area contributed by atoms with E-state index < -0.39 is 11.6 Å². The Labute approximate surface area is 102 Å². The molecular weight excluding hydrogens is 242 g/mol. The Bertz CT molecular complexity index is 553. The van der Waals surface area contributed by atoms with Gasteiger partial charge in [-0.1, -0.05) is 0 Å². The summed E-state index contributed by atoms with van der Waals surface area (Å²) in [6, 6.07) is 0.716. The Morgan fingerprint density at radius 3 is 2.67 bits per heavy atom. The SMILES string of the molecule is Cn1cc(CNc2nc(NN)c(F)cc2F)cn1. The lowest BCUT2D eigenvalue weighted by molar-refractivity contribution is 0.578. The van der Waals surface area contributed by atoms with Gasteiger partial charge in [-0.2, -0.15) is 5.10 Å². The van der Waals surface area contributed by atoms with Crippen molar-refractivity contribution in [3.63, 3.8) is 0 Å². The molecule has 0 unspecified atom stereocenters. The molecule has 0 aliphatic carbocycles. The van der Waals surface area contributed by atoms with Crippen LogP contribution in [0.1, 0.15) is 5.56 Å². The molecule has 8 heteroatoms. The highest BCUT2D eigenvalue weighted by Crippen LogP contribution is 2.18. The minimum Gasteiger partial charge on any atom is -0.363 e. The van der Waals surface area contributed by atoms with Gasteiger partial charge in [0.25, 0.3) is 0 Å². The van der Waals surface area contributed by atoms with Gasteiger partial charge in [-0.3, -0.25) is 4.68 Å². The van der Waals surface area contributed by atoms with Crippen LogP contribution in [0.2, 0.25) is 0 Å². The van der Waals surface area contributed by atoms with Gasteiger partial charge >= 0.3 is 0 Å². The van der Waals surface area contributed by atoms with E-state index in [1.54, 1.807) is 24.1 Å². The first-order chi connectivity index (χ1) is 8.60. The molecule has 0 atom stereocenters. The van der Waals surface area contributed by atoms with Crippen molar-refractivity contribution in [2.75, 3.05) is 10.7 Å². The number of aromatic nitrogens is 3. The van der Waals surface area contributed by atoms with Crippen molar-refractivity contribution >= 4 is 11.6 Å². The summed E-state index contributed by atoms with van der Waals surface area (Å²) in [6.45, 7) is 0.327. The summed E-state index contributed by atoms with van der Waals surface area (Å²) in [5.41, 5.74) is 2.91. The molecule has 0 aromatic carbocycles. The van der Waals surface area contributed by atoms with Crippen molar-refractivity contribution in [3.05, 3.63) is 35.7 Å². The third-order valence-corrected chi connectivity index (χ3v) is 2.28. The lowest BCUT2D eigenvalue weighted by atomic mass is 10.3. The zero-order valence-corrected chi connectivity index (χ0v) is 9.61. The highest BCUT2D eigenvalue weighted by Gasteiger charge is 2.11. The molecule has 2 rings (SSSR count). The lowest BCUT2D eigenvalue weighted by Gasteiger charge is -2.08. The van der Waals surface area contributed by atoms with Gasteiger partial charge in [0.2, 0.25) is 0 Å². The number of pyridine rings is 1. The third-order valence-electron chi connectivity index (χ3n) is 2.28. The van der Waals surface area contributed by atoms with E-state index in [1.165, 1.54) is 0 Å². The number of nitrogen functional groups attached to an aromatic ring is 1.